The third-order valence-corrected chi connectivity index (χ3v) is 2.59. The summed E-state index contributed by atoms with van der Waals surface area (Å²) in [5.74, 6) is -0.243. The summed E-state index contributed by atoms with van der Waals surface area (Å²) in [5, 5.41) is 3.04. The Labute approximate surface area is 105 Å². The lowest BCUT2D eigenvalue weighted by Gasteiger charge is -2.07. The van der Waals surface area contributed by atoms with E-state index in [0.29, 0.717) is 11.5 Å². The average molecular weight is 246 g/mol. The second-order valence-corrected chi connectivity index (χ2v) is 3.94. The molecule has 0 atom stereocenters. The highest BCUT2D eigenvalue weighted by atomic mass is 32.1. The Hall–Kier alpha value is -1.81. The molecule has 0 aliphatic heterocycles. The van der Waals surface area contributed by atoms with Gasteiger partial charge >= 0.3 is 0 Å². The van der Waals surface area contributed by atoms with E-state index in [-0.39, 0.29) is 5.82 Å². The van der Waals surface area contributed by atoms with Gasteiger partial charge in [-0.1, -0.05) is 30.4 Å². The Balaban J connectivity index is 1.97. The highest BCUT2D eigenvalue weighted by Gasteiger charge is 2.01. The van der Waals surface area contributed by atoms with Crippen LogP contribution in [0.15, 0.2) is 48.7 Å². The summed E-state index contributed by atoms with van der Waals surface area (Å²) < 4.78 is 12.9. The Morgan fingerprint density at radius 2 is 2.12 bits per heavy atom. The minimum atomic E-state index is -0.243. The Morgan fingerprint density at radius 1 is 1.24 bits per heavy atom. The van der Waals surface area contributed by atoms with Crippen LogP contribution in [0.4, 0.5) is 4.39 Å². The molecule has 1 aromatic carbocycles. The fraction of sp³-hybridized carbons (Fsp3) is 0.0769. The van der Waals surface area contributed by atoms with Crippen LogP contribution in [-0.4, -0.2) is 9.97 Å². The lowest BCUT2D eigenvalue weighted by atomic mass is 10.2. The number of thiocarbonyl (C=S) groups is 1. The Morgan fingerprint density at radius 3 is 2.82 bits per heavy atom. The summed E-state index contributed by atoms with van der Waals surface area (Å²) in [7, 11) is 0. The van der Waals surface area contributed by atoms with E-state index in [1.807, 2.05) is 24.3 Å². The molecule has 17 heavy (non-hydrogen) atoms. The predicted molar refractivity (Wildman–Crippen MR) is 69.2 cm³/mol. The second-order valence-electron chi connectivity index (χ2n) is 3.53. The van der Waals surface area contributed by atoms with Crippen LogP contribution < -0.4 is 5.32 Å². The molecule has 0 unspecified atom stereocenters. The minimum absolute atomic E-state index is 0.243. The molecule has 2 rings (SSSR count). The van der Waals surface area contributed by atoms with Crippen LogP contribution in [0.1, 0.15) is 11.3 Å². The number of hydrogen-bond donors (Lipinski definition) is 1. The molecule has 2 aromatic rings. The van der Waals surface area contributed by atoms with Crippen LogP contribution in [0.5, 0.6) is 0 Å². The first-order valence-corrected chi connectivity index (χ1v) is 5.60. The zero-order valence-corrected chi connectivity index (χ0v) is 9.88. The number of nitrogens with zero attached hydrogens (tertiary/aromatic N) is 1. The van der Waals surface area contributed by atoms with Gasteiger partial charge in [0.15, 0.2) is 0 Å². The number of aromatic nitrogens is 1. The van der Waals surface area contributed by atoms with Crippen molar-refractivity contribution < 1.29 is 4.39 Å². The average Bonchev–Trinajstić information content (AvgIpc) is 2.37. The highest BCUT2D eigenvalue weighted by Crippen LogP contribution is 2.03. The van der Waals surface area contributed by atoms with Gasteiger partial charge in [-0.3, -0.25) is 4.98 Å². The van der Waals surface area contributed by atoms with E-state index in [1.54, 1.807) is 12.3 Å². The predicted octanol–water partition coefficient (Wildman–Crippen LogP) is 2.69. The number of halogens is 1. The number of pyridine rings is 1. The smallest absolute Gasteiger partial charge is 0.125 e. The van der Waals surface area contributed by atoms with Crippen molar-refractivity contribution in [1.29, 1.82) is 0 Å². The van der Waals surface area contributed by atoms with E-state index in [0.717, 1.165) is 11.3 Å². The fourth-order valence-corrected chi connectivity index (χ4v) is 1.61. The van der Waals surface area contributed by atoms with Crippen molar-refractivity contribution >= 4 is 17.2 Å². The molecule has 0 radical (unpaired) electrons. The molecule has 0 bridgehead atoms. The number of rotatable bonds is 3. The molecule has 86 valence electrons. The van der Waals surface area contributed by atoms with Crippen molar-refractivity contribution in [3.63, 3.8) is 0 Å². The van der Waals surface area contributed by atoms with Crippen molar-refractivity contribution in [2.75, 3.05) is 0 Å². The van der Waals surface area contributed by atoms with Crippen molar-refractivity contribution in [1.82, 2.24) is 10.3 Å². The van der Waals surface area contributed by atoms with Gasteiger partial charge in [0, 0.05) is 12.7 Å². The molecular formula is C13H11FN2S. The van der Waals surface area contributed by atoms with Crippen molar-refractivity contribution in [2.45, 2.75) is 6.54 Å². The summed E-state index contributed by atoms with van der Waals surface area (Å²) in [4.78, 5) is 4.70. The van der Waals surface area contributed by atoms with Crippen molar-refractivity contribution in [3.8, 4) is 0 Å². The Bertz CT molecular complexity index is 514. The number of benzene rings is 1. The first-order chi connectivity index (χ1) is 8.25. The van der Waals surface area contributed by atoms with Gasteiger partial charge in [0.2, 0.25) is 0 Å². The van der Waals surface area contributed by atoms with Crippen LogP contribution in [-0.2, 0) is 6.54 Å². The highest BCUT2D eigenvalue weighted by molar-refractivity contribution is 7.80. The normalized spacial score (nSPS) is 9.94. The molecular weight excluding hydrogens is 235 g/mol. The zero-order valence-electron chi connectivity index (χ0n) is 9.06. The first kappa shape index (κ1) is 11.7. The van der Waals surface area contributed by atoms with E-state index in [1.165, 1.54) is 12.1 Å². The largest absolute Gasteiger partial charge is 0.370 e. The molecule has 0 saturated heterocycles. The van der Waals surface area contributed by atoms with Gasteiger partial charge in [0.1, 0.15) is 10.8 Å². The monoisotopic (exact) mass is 246 g/mol. The van der Waals surface area contributed by atoms with Gasteiger partial charge in [0.05, 0.1) is 5.69 Å². The number of nitrogens with one attached hydrogen (secondary N) is 1. The van der Waals surface area contributed by atoms with Crippen molar-refractivity contribution in [3.05, 3.63) is 65.7 Å². The molecule has 1 N–H and O–H groups in total. The van der Waals surface area contributed by atoms with Crippen LogP contribution in [0, 0.1) is 5.82 Å². The molecule has 1 heterocycles. The molecule has 4 heteroatoms. The molecule has 2 nitrogen and oxygen atoms in total. The van der Waals surface area contributed by atoms with Crippen molar-refractivity contribution in [2.24, 2.45) is 0 Å². The molecule has 1 aromatic heterocycles. The standard InChI is InChI=1S/C13H11FN2S/c14-11-5-3-4-10(8-11)9-16-13(17)12-6-1-2-7-15-12/h1-8H,9H2,(H,16,17). The minimum Gasteiger partial charge on any atom is -0.370 e. The molecule has 0 spiro atoms. The van der Waals surface area contributed by atoms with Crippen LogP contribution in [0.2, 0.25) is 0 Å². The van der Waals surface area contributed by atoms with Gasteiger partial charge in [-0.25, -0.2) is 4.39 Å². The third-order valence-electron chi connectivity index (χ3n) is 2.24. The lowest BCUT2D eigenvalue weighted by Crippen LogP contribution is -2.22. The first-order valence-electron chi connectivity index (χ1n) is 5.19. The SMILES string of the molecule is Fc1cccc(CNC(=S)c2ccccn2)c1. The van der Waals surface area contributed by atoms with Gasteiger partial charge < -0.3 is 5.32 Å². The summed E-state index contributed by atoms with van der Waals surface area (Å²) in [6.45, 7) is 0.493. The summed E-state index contributed by atoms with van der Waals surface area (Å²) in [5.41, 5.74) is 1.57. The number of hydrogen-bond acceptors (Lipinski definition) is 2. The van der Waals surface area contributed by atoms with Crippen LogP contribution >= 0.6 is 12.2 Å². The Kier molecular flexibility index (Phi) is 3.77. The van der Waals surface area contributed by atoms with E-state index in [2.05, 4.69) is 10.3 Å². The topological polar surface area (TPSA) is 24.9 Å². The maximum absolute atomic E-state index is 12.9. The van der Waals surface area contributed by atoms with Gasteiger partial charge in [-0.2, -0.15) is 0 Å². The quantitative estimate of drug-likeness (QED) is 0.843. The van der Waals surface area contributed by atoms with E-state index < -0.39 is 0 Å². The summed E-state index contributed by atoms with van der Waals surface area (Å²) >= 11 is 5.19. The maximum Gasteiger partial charge on any atom is 0.125 e. The molecule has 0 aliphatic rings. The van der Waals surface area contributed by atoms with E-state index >= 15 is 0 Å². The zero-order chi connectivity index (χ0) is 12.1. The summed E-state index contributed by atoms with van der Waals surface area (Å²) in [6, 6.07) is 12.0. The van der Waals surface area contributed by atoms with E-state index in [4.69, 9.17) is 12.2 Å². The second kappa shape index (κ2) is 5.50. The van der Waals surface area contributed by atoms with Crippen LogP contribution in [0.25, 0.3) is 0 Å². The fourth-order valence-electron chi connectivity index (χ4n) is 1.42. The molecule has 0 saturated carbocycles. The van der Waals surface area contributed by atoms with Crippen LogP contribution in [0.3, 0.4) is 0 Å². The van der Waals surface area contributed by atoms with E-state index in [9.17, 15) is 4.39 Å². The molecule has 0 fully saturated rings. The lowest BCUT2D eigenvalue weighted by molar-refractivity contribution is 0.625. The third kappa shape index (κ3) is 3.32. The molecule has 0 amide bonds. The molecule has 0 aliphatic carbocycles. The summed E-state index contributed by atoms with van der Waals surface area (Å²) in [6.07, 6.45) is 1.69. The van der Waals surface area contributed by atoms with Gasteiger partial charge in [0.25, 0.3) is 0 Å². The van der Waals surface area contributed by atoms with Gasteiger partial charge in [-0.05, 0) is 29.8 Å². The van der Waals surface area contributed by atoms with Gasteiger partial charge in [-0.15, -0.1) is 0 Å². The maximum atomic E-state index is 12.9.